The summed E-state index contributed by atoms with van der Waals surface area (Å²) in [6.07, 6.45) is 2.17. The Morgan fingerprint density at radius 1 is 1.15 bits per heavy atom. The second-order valence-electron chi connectivity index (χ2n) is 6.10. The summed E-state index contributed by atoms with van der Waals surface area (Å²) in [4.78, 5) is 12.0. The van der Waals surface area contributed by atoms with Crippen LogP contribution in [-0.4, -0.2) is 33.7 Å². The third-order valence-corrected chi connectivity index (χ3v) is 5.36. The van der Waals surface area contributed by atoms with Crippen molar-refractivity contribution in [2.24, 2.45) is 0 Å². The molecule has 0 fully saturated rings. The highest BCUT2D eigenvalue weighted by molar-refractivity contribution is 7.92. The van der Waals surface area contributed by atoms with E-state index in [0.717, 1.165) is 17.4 Å². The number of hydrogen-bond acceptors (Lipinski definition) is 3. The third-order valence-electron chi connectivity index (χ3n) is 3.95. The van der Waals surface area contributed by atoms with E-state index in [9.17, 15) is 13.2 Å². The van der Waals surface area contributed by atoms with E-state index in [1.807, 2.05) is 30.3 Å². The van der Waals surface area contributed by atoms with Crippen LogP contribution in [-0.2, 0) is 21.2 Å². The zero-order valence-electron chi connectivity index (χ0n) is 14.9. The number of hydrogen-bond donors (Lipinski definition) is 1. The molecule has 0 bridgehead atoms. The van der Waals surface area contributed by atoms with Crippen LogP contribution in [0.5, 0.6) is 0 Å². The zero-order chi connectivity index (χ0) is 19.2. The molecule has 0 spiro atoms. The summed E-state index contributed by atoms with van der Waals surface area (Å²) in [6.45, 7) is 2.21. The molecule has 0 atom stereocenters. The minimum absolute atomic E-state index is 0.102. The highest BCUT2D eigenvalue weighted by atomic mass is 35.5. The second kappa shape index (κ2) is 9.05. The lowest BCUT2D eigenvalue weighted by Crippen LogP contribution is -2.38. The molecule has 0 radical (unpaired) electrons. The molecule has 26 heavy (non-hydrogen) atoms. The standard InChI is InChI=1S/C19H23ClN2O3S/c1-15-14-17(20)9-10-18(15)22(26(2,24)25)13-12-21-19(23)11-8-16-6-4-3-5-7-16/h3-7,9-10,14H,8,11-13H2,1-2H3,(H,21,23). The predicted molar refractivity (Wildman–Crippen MR) is 106 cm³/mol. The van der Waals surface area contributed by atoms with Gasteiger partial charge in [-0.25, -0.2) is 8.42 Å². The van der Waals surface area contributed by atoms with E-state index in [1.54, 1.807) is 25.1 Å². The first-order valence-electron chi connectivity index (χ1n) is 8.32. The molecule has 2 aromatic carbocycles. The third kappa shape index (κ3) is 6.04. The Balaban J connectivity index is 1.92. The fourth-order valence-corrected chi connectivity index (χ4v) is 3.86. The molecule has 0 aliphatic heterocycles. The van der Waals surface area contributed by atoms with Gasteiger partial charge in [0.05, 0.1) is 18.5 Å². The van der Waals surface area contributed by atoms with Crippen molar-refractivity contribution >= 4 is 33.2 Å². The molecule has 5 nitrogen and oxygen atoms in total. The van der Waals surface area contributed by atoms with Crippen molar-refractivity contribution in [2.75, 3.05) is 23.7 Å². The molecule has 7 heteroatoms. The van der Waals surface area contributed by atoms with Gasteiger partial charge in [0, 0.05) is 18.0 Å². The average molecular weight is 395 g/mol. The van der Waals surface area contributed by atoms with Crippen LogP contribution in [0.4, 0.5) is 5.69 Å². The van der Waals surface area contributed by atoms with Crippen LogP contribution in [0.3, 0.4) is 0 Å². The lowest BCUT2D eigenvalue weighted by atomic mass is 10.1. The molecule has 0 aromatic heterocycles. The number of sulfonamides is 1. The van der Waals surface area contributed by atoms with Gasteiger partial charge in [-0.15, -0.1) is 0 Å². The molecule has 2 rings (SSSR count). The van der Waals surface area contributed by atoms with Crippen molar-refractivity contribution in [1.82, 2.24) is 5.32 Å². The molecule has 0 heterocycles. The normalized spacial score (nSPS) is 11.2. The summed E-state index contributed by atoms with van der Waals surface area (Å²) in [7, 11) is -3.47. The number of halogens is 1. The number of benzene rings is 2. The first kappa shape index (κ1) is 20.3. The Labute approximate surface area is 160 Å². The summed E-state index contributed by atoms with van der Waals surface area (Å²) < 4.78 is 25.6. The number of carbonyl (C=O) groups is 1. The maximum atomic E-state index is 12.1. The molecule has 0 saturated heterocycles. The number of amides is 1. The molecular weight excluding hydrogens is 372 g/mol. The van der Waals surface area contributed by atoms with Gasteiger partial charge in [0.1, 0.15) is 0 Å². The molecule has 0 aliphatic rings. The zero-order valence-corrected chi connectivity index (χ0v) is 16.5. The van der Waals surface area contributed by atoms with Crippen LogP contribution in [0.2, 0.25) is 5.02 Å². The average Bonchev–Trinajstić information content (AvgIpc) is 2.58. The van der Waals surface area contributed by atoms with E-state index in [2.05, 4.69) is 5.32 Å². The van der Waals surface area contributed by atoms with E-state index >= 15 is 0 Å². The van der Waals surface area contributed by atoms with E-state index in [1.165, 1.54) is 4.31 Å². The van der Waals surface area contributed by atoms with Crippen molar-refractivity contribution in [1.29, 1.82) is 0 Å². The van der Waals surface area contributed by atoms with Crippen molar-refractivity contribution in [3.8, 4) is 0 Å². The van der Waals surface area contributed by atoms with Crippen LogP contribution in [0.1, 0.15) is 17.5 Å². The van der Waals surface area contributed by atoms with Gasteiger partial charge in [-0.3, -0.25) is 9.10 Å². The van der Waals surface area contributed by atoms with Gasteiger partial charge in [0.15, 0.2) is 0 Å². The summed E-state index contributed by atoms with van der Waals surface area (Å²) in [5, 5.41) is 3.33. The fraction of sp³-hybridized carbons (Fsp3) is 0.316. The van der Waals surface area contributed by atoms with Crippen molar-refractivity contribution in [3.05, 3.63) is 64.7 Å². The van der Waals surface area contributed by atoms with E-state index in [0.29, 0.717) is 23.6 Å². The van der Waals surface area contributed by atoms with Crippen molar-refractivity contribution in [2.45, 2.75) is 19.8 Å². The Morgan fingerprint density at radius 2 is 1.85 bits per heavy atom. The Bertz CT molecular complexity index is 854. The first-order valence-corrected chi connectivity index (χ1v) is 10.5. The molecule has 0 unspecified atom stereocenters. The Kier molecular flexibility index (Phi) is 7.06. The lowest BCUT2D eigenvalue weighted by molar-refractivity contribution is -0.120. The number of carbonyl (C=O) groups excluding carboxylic acids is 1. The lowest BCUT2D eigenvalue weighted by Gasteiger charge is -2.24. The fourth-order valence-electron chi connectivity index (χ4n) is 2.65. The van der Waals surface area contributed by atoms with E-state index < -0.39 is 10.0 Å². The number of nitrogens with zero attached hydrogens (tertiary/aromatic N) is 1. The molecule has 0 saturated carbocycles. The molecule has 2 aromatic rings. The van der Waals surface area contributed by atoms with Crippen LogP contribution in [0, 0.1) is 6.92 Å². The van der Waals surface area contributed by atoms with Gasteiger partial charge >= 0.3 is 0 Å². The Morgan fingerprint density at radius 3 is 2.46 bits per heavy atom. The van der Waals surface area contributed by atoms with Crippen LogP contribution in [0.25, 0.3) is 0 Å². The minimum Gasteiger partial charge on any atom is -0.354 e. The number of nitrogens with one attached hydrogen (secondary N) is 1. The summed E-state index contributed by atoms with van der Waals surface area (Å²) in [5.41, 5.74) is 2.42. The van der Waals surface area contributed by atoms with E-state index in [4.69, 9.17) is 11.6 Å². The monoisotopic (exact) mass is 394 g/mol. The van der Waals surface area contributed by atoms with Gasteiger partial charge in [-0.2, -0.15) is 0 Å². The Hall–Kier alpha value is -2.05. The summed E-state index contributed by atoms with van der Waals surface area (Å²) in [6, 6.07) is 14.8. The molecular formula is C19H23ClN2O3S. The number of rotatable bonds is 8. The minimum atomic E-state index is -3.47. The first-order chi connectivity index (χ1) is 12.3. The maximum Gasteiger partial charge on any atom is 0.232 e. The van der Waals surface area contributed by atoms with Gasteiger partial charge < -0.3 is 5.32 Å². The SMILES string of the molecule is Cc1cc(Cl)ccc1N(CCNC(=O)CCc1ccccc1)S(C)(=O)=O. The maximum absolute atomic E-state index is 12.1. The largest absolute Gasteiger partial charge is 0.354 e. The van der Waals surface area contributed by atoms with Gasteiger partial charge in [-0.05, 0) is 42.7 Å². The van der Waals surface area contributed by atoms with E-state index in [-0.39, 0.29) is 19.0 Å². The summed E-state index contributed by atoms with van der Waals surface area (Å²) in [5.74, 6) is -0.102. The highest BCUT2D eigenvalue weighted by Crippen LogP contribution is 2.25. The van der Waals surface area contributed by atoms with Crippen molar-refractivity contribution in [3.63, 3.8) is 0 Å². The molecule has 140 valence electrons. The number of anilines is 1. The number of aryl methyl sites for hydroxylation is 2. The second-order valence-corrected chi connectivity index (χ2v) is 8.44. The molecule has 1 N–H and O–H groups in total. The van der Waals surface area contributed by atoms with Crippen molar-refractivity contribution < 1.29 is 13.2 Å². The van der Waals surface area contributed by atoms with Crippen LogP contribution in [0.15, 0.2) is 48.5 Å². The molecule has 1 amide bonds. The van der Waals surface area contributed by atoms with Crippen LogP contribution < -0.4 is 9.62 Å². The predicted octanol–water partition coefficient (Wildman–Crippen LogP) is 3.16. The quantitative estimate of drug-likeness (QED) is 0.747. The van der Waals surface area contributed by atoms with Gasteiger partial charge in [-0.1, -0.05) is 41.9 Å². The summed E-state index contributed by atoms with van der Waals surface area (Å²) >= 11 is 5.94. The van der Waals surface area contributed by atoms with Gasteiger partial charge in [0.25, 0.3) is 0 Å². The topological polar surface area (TPSA) is 66.5 Å². The van der Waals surface area contributed by atoms with Gasteiger partial charge in [0.2, 0.25) is 15.9 Å². The highest BCUT2D eigenvalue weighted by Gasteiger charge is 2.19. The molecule has 0 aliphatic carbocycles. The smallest absolute Gasteiger partial charge is 0.232 e. The van der Waals surface area contributed by atoms with Crippen LogP contribution >= 0.6 is 11.6 Å².